The number of rotatable bonds is 6. The highest BCUT2D eigenvalue weighted by molar-refractivity contribution is 8.01. The summed E-state index contributed by atoms with van der Waals surface area (Å²) in [7, 11) is 0. The van der Waals surface area contributed by atoms with Crippen molar-refractivity contribution in [1.29, 1.82) is 0 Å². The molecule has 30 heavy (non-hydrogen) atoms. The average Bonchev–Trinajstić information content (AvgIpc) is 3.14. The number of halogens is 3. The van der Waals surface area contributed by atoms with Gasteiger partial charge < -0.3 is 5.32 Å². The summed E-state index contributed by atoms with van der Waals surface area (Å²) in [5.41, 5.74) is 0.722. The monoisotopic (exact) mass is 452 g/mol. The molecule has 0 aliphatic heterocycles. The lowest BCUT2D eigenvalue weighted by Crippen LogP contribution is -2.15. The molecule has 0 fully saturated rings. The Morgan fingerprint density at radius 3 is 2.50 bits per heavy atom. The maximum Gasteiger partial charge on any atom is 0.416 e. The second-order valence-electron chi connectivity index (χ2n) is 6.11. The zero-order valence-electron chi connectivity index (χ0n) is 15.5. The quantitative estimate of drug-likeness (QED) is 0.413. The van der Waals surface area contributed by atoms with Gasteiger partial charge in [-0.1, -0.05) is 46.9 Å². The topological polar surface area (TPSA) is 84.0 Å². The van der Waals surface area contributed by atoms with Crippen molar-refractivity contribution in [2.75, 3.05) is 16.4 Å². The van der Waals surface area contributed by atoms with E-state index in [1.807, 2.05) is 19.1 Å². The van der Waals surface area contributed by atoms with Crippen LogP contribution in [0.1, 0.15) is 21.5 Å². The van der Waals surface area contributed by atoms with E-state index in [-0.39, 0.29) is 22.5 Å². The van der Waals surface area contributed by atoms with Crippen molar-refractivity contribution >= 4 is 45.7 Å². The maximum absolute atomic E-state index is 12.7. The molecule has 2 N–H and O–H groups in total. The fourth-order valence-corrected chi connectivity index (χ4v) is 3.84. The Hall–Kier alpha value is -2.92. The van der Waals surface area contributed by atoms with E-state index in [0.29, 0.717) is 9.90 Å². The molecular formula is C19H15F3N4O2S2. The number of anilines is 2. The average molecular weight is 452 g/mol. The maximum atomic E-state index is 12.7. The van der Waals surface area contributed by atoms with Crippen molar-refractivity contribution in [2.45, 2.75) is 17.4 Å². The van der Waals surface area contributed by atoms with E-state index in [1.54, 1.807) is 12.1 Å². The molecular weight excluding hydrogens is 437 g/mol. The van der Waals surface area contributed by atoms with Crippen LogP contribution >= 0.6 is 23.1 Å². The summed E-state index contributed by atoms with van der Waals surface area (Å²) in [6, 6.07) is 11.4. The Kier molecular flexibility index (Phi) is 6.73. The summed E-state index contributed by atoms with van der Waals surface area (Å²) in [5, 5.41) is 13.1. The second-order valence-corrected chi connectivity index (χ2v) is 8.31. The number of hydrogen-bond acceptors (Lipinski definition) is 6. The minimum atomic E-state index is -4.48. The predicted molar refractivity (Wildman–Crippen MR) is 110 cm³/mol. The lowest BCUT2D eigenvalue weighted by molar-refractivity contribution is -0.137. The molecule has 0 aliphatic carbocycles. The van der Waals surface area contributed by atoms with E-state index in [9.17, 15) is 22.8 Å². The molecule has 2 amide bonds. The van der Waals surface area contributed by atoms with E-state index in [4.69, 9.17) is 0 Å². The molecule has 3 rings (SSSR count). The number of nitrogens with one attached hydrogen (secondary N) is 2. The molecule has 0 saturated carbocycles. The van der Waals surface area contributed by atoms with Gasteiger partial charge in [-0.15, -0.1) is 10.2 Å². The lowest BCUT2D eigenvalue weighted by Gasteiger charge is -2.09. The van der Waals surface area contributed by atoms with Crippen molar-refractivity contribution < 1.29 is 22.8 Å². The Morgan fingerprint density at radius 1 is 1.07 bits per heavy atom. The molecule has 0 aliphatic rings. The summed E-state index contributed by atoms with van der Waals surface area (Å²) in [4.78, 5) is 24.2. The SMILES string of the molecule is Cc1ccc(C(=O)Nc2nnc(SCC(=O)Nc3cccc(C(F)(F)F)c3)s2)cc1. The molecule has 0 atom stereocenters. The van der Waals surface area contributed by atoms with Crippen LogP contribution in [0.2, 0.25) is 0 Å². The summed E-state index contributed by atoms with van der Waals surface area (Å²) < 4.78 is 38.6. The van der Waals surface area contributed by atoms with Crippen LogP contribution in [0.15, 0.2) is 52.9 Å². The first-order valence-corrected chi connectivity index (χ1v) is 10.3. The summed E-state index contributed by atoms with van der Waals surface area (Å²) in [5.74, 6) is -0.888. The second kappa shape index (κ2) is 9.26. The van der Waals surface area contributed by atoms with Gasteiger partial charge in [0.25, 0.3) is 5.91 Å². The molecule has 1 aromatic heterocycles. The van der Waals surface area contributed by atoms with Crippen LogP contribution < -0.4 is 10.6 Å². The van der Waals surface area contributed by atoms with E-state index in [1.165, 1.54) is 12.1 Å². The van der Waals surface area contributed by atoms with Gasteiger partial charge in [0.15, 0.2) is 4.34 Å². The number of hydrogen-bond donors (Lipinski definition) is 2. The number of aromatic nitrogens is 2. The Labute approximate surface area is 177 Å². The van der Waals surface area contributed by atoms with E-state index < -0.39 is 17.6 Å². The van der Waals surface area contributed by atoms with Crippen LogP contribution in [0.5, 0.6) is 0 Å². The summed E-state index contributed by atoms with van der Waals surface area (Å²) in [6.45, 7) is 1.92. The number of amides is 2. The molecule has 3 aromatic rings. The largest absolute Gasteiger partial charge is 0.416 e. The molecule has 156 valence electrons. The van der Waals surface area contributed by atoms with Crippen LogP contribution in [0.3, 0.4) is 0 Å². The van der Waals surface area contributed by atoms with Crippen molar-refractivity contribution in [3.05, 3.63) is 65.2 Å². The third-order valence-electron chi connectivity index (χ3n) is 3.74. The number of nitrogens with zero attached hydrogens (tertiary/aromatic N) is 2. The standard InChI is InChI=1S/C19H15F3N4O2S2/c1-11-5-7-12(8-6-11)16(28)24-17-25-26-18(30-17)29-10-15(27)23-14-4-2-3-13(9-14)19(20,21)22/h2-9H,10H2,1H3,(H,23,27)(H,24,25,28). The highest BCUT2D eigenvalue weighted by Gasteiger charge is 2.30. The van der Waals surface area contributed by atoms with Gasteiger partial charge >= 0.3 is 6.18 Å². The van der Waals surface area contributed by atoms with Gasteiger partial charge in [-0.05, 0) is 37.3 Å². The fourth-order valence-electron chi connectivity index (χ4n) is 2.29. The number of thioether (sulfide) groups is 1. The minimum Gasteiger partial charge on any atom is -0.325 e. The highest BCUT2D eigenvalue weighted by Crippen LogP contribution is 2.31. The van der Waals surface area contributed by atoms with Crippen molar-refractivity contribution in [1.82, 2.24) is 10.2 Å². The zero-order valence-corrected chi connectivity index (χ0v) is 17.1. The summed E-state index contributed by atoms with van der Waals surface area (Å²) >= 11 is 2.16. The van der Waals surface area contributed by atoms with Crippen LogP contribution in [0.25, 0.3) is 0 Å². The van der Waals surface area contributed by atoms with Crippen molar-refractivity contribution in [3.8, 4) is 0 Å². The third-order valence-corrected chi connectivity index (χ3v) is 5.71. The van der Waals surface area contributed by atoms with Crippen molar-refractivity contribution in [3.63, 3.8) is 0 Å². The molecule has 0 bridgehead atoms. The number of carbonyl (C=O) groups excluding carboxylic acids is 2. The van der Waals surface area contributed by atoms with E-state index in [2.05, 4.69) is 20.8 Å². The van der Waals surface area contributed by atoms with Gasteiger partial charge in [0.1, 0.15) is 0 Å². The fraction of sp³-hybridized carbons (Fsp3) is 0.158. The first-order chi connectivity index (χ1) is 14.2. The van der Waals surface area contributed by atoms with Gasteiger partial charge in [0.2, 0.25) is 11.0 Å². The van der Waals surface area contributed by atoms with Gasteiger partial charge in [0, 0.05) is 11.3 Å². The van der Waals surface area contributed by atoms with Crippen molar-refractivity contribution in [2.24, 2.45) is 0 Å². The molecule has 6 nitrogen and oxygen atoms in total. The molecule has 1 heterocycles. The molecule has 0 radical (unpaired) electrons. The highest BCUT2D eigenvalue weighted by atomic mass is 32.2. The minimum absolute atomic E-state index is 0.0544. The molecule has 0 unspecified atom stereocenters. The molecule has 2 aromatic carbocycles. The number of carbonyl (C=O) groups is 2. The normalized spacial score (nSPS) is 11.2. The van der Waals surface area contributed by atoms with E-state index in [0.717, 1.165) is 40.8 Å². The van der Waals surface area contributed by atoms with E-state index >= 15 is 0 Å². The third kappa shape index (κ3) is 6.04. The van der Waals surface area contributed by atoms with Gasteiger partial charge in [-0.2, -0.15) is 13.2 Å². The summed E-state index contributed by atoms with van der Waals surface area (Å²) in [6.07, 6.45) is -4.48. The molecule has 0 spiro atoms. The number of aryl methyl sites for hydroxylation is 1. The van der Waals surface area contributed by atoms with Gasteiger partial charge in [-0.25, -0.2) is 0 Å². The van der Waals surface area contributed by atoms with Gasteiger partial charge in [-0.3, -0.25) is 14.9 Å². The predicted octanol–water partition coefficient (Wildman–Crippen LogP) is 4.85. The molecule has 0 saturated heterocycles. The smallest absolute Gasteiger partial charge is 0.325 e. The van der Waals surface area contributed by atoms with Gasteiger partial charge in [0.05, 0.1) is 11.3 Å². The lowest BCUT2D eigenvalue weighted by atomic mass is 10.1. The Balaban J connectivity index is 1.52. The number of alkyl halides is 3. The van der Waals surface area contributed by atoms with Crippen LogP contribution in [0, 0.1) is 6.92 Å². The van der Waals surface area contributed by atoms with Crippen LogP contribution in [0.4, 0.5) is 24.0 Å². The zero-order chi connectivity index (χ0) is 21.7. The van der Waals surface area contributed by atoms with Crippen LogP contribution in [-0.4, -0.2) is 27.8 Å². The Morgan fingerprint density at radius 2 is 1.80 bits per heavy atom. The Bertz CT molecular complexity index is 1050. The first kappa shape index (κ1) is 21.8. The first-order valence-electron chi connectivity index (χ1n) is 8.52. The molecule has 11 heteroatoms. The van der Waals surface area contributed by atoms with Crippen LogP contribution in [-0.2, 0) is 11.0 Å². The number of benzene rings is 2.